The van der Waals surface area contributed by atoms with Crippen LogP contribution in [0.3, 0.4) is 0 Å². The number of hydrogen-bond acceptors (Lipinski definition) is 2. The predicted octanol–water partition coefficient (Wildman–Crippen LogP) is 0.264. The molecule has 5 heteroatoms. The van der Waals surface area contributed by atoms with Gasteiger partial charge in [-0.25, -0.2) is 0 Å². The number of thiocarbonyl (C=S) groups is 1. The molecule has 0 bridgehead atoms. The molecular weight excluding hydrogens is 158 g/mol. The molecule has 3 nitrogen and oxygen atoms in total. The van der Waals surface area contributed by atoms with Gasteiger partial charge in [-0.15, -0.1) is 12.6 Å². The molecule has 0 spiro atoms. The van der Waals surface area contributed by atoms with Gasteiger partial charge in [0.1, 0.15) is 10.4 Å². The molecule has 0 saturated heterocycles. The first-order valence-corrected chi connectivity index (χ1v) is 3.12. The molecule has 0 heterocycles. The molecule has 0 rings (SSSR count). The number of hydrogen-bond donors (Lipinski definition) is 3. The fraction of sp³-hybridized carbons (Fsp3) is 0.500. The van der Waals surface area contributed by atoms with Crippen LogP contribution < -0.4 is 5.32 Å². The van der Waals surface area contributed by atoms with Gasteiger partial charge in [-0.3, -0.25) is 4.79 Å². The monoisotopic (exact) mass is 165 g/mol. The van der Waals surface area contributed by atoms with Crippen molar-refractivity contribution in [2.24, 2.45) is 0 Å². The van der Waals surface area contributed by atoms with Crippen LogP contribution in [-0.4, -0.2) is 21.4 Å². The van der Waals surface area contributed by atoms with Gasteiger partial charge in [-0.2, -0.15) is 0 Å². The van der Waals surface area contributed by atoms with Crippen LogP contribution in [0.4, 0.5) is 0 Å². The van der Waals surface area contributed by atoms with E-state index in [1.807, 2.05) is 0 Å². The van der Waals surface area contributed by atoms with Crippen molar-refractivity contribution in [1.29, 1.82) is 0 Å². The molecule has 1 atom stereocenters. The summed E-state index contributed by atoms with van der Waals surface area (Å²) >= 11 is 8.17. The Kier molecular flexibility index (Phi) is 3.56. The van der Waals surface area contributed by atoms with Gasteiger partial charge in [-0.1, -0.05) is 12.2 Å². The van der Waals surface area contributed by atoms with Crippen LogP contribution in [0.2, 0.25) is 0 Å². The van der Waals surface area contributed by atoms with Gasteiger partial charge in [0.2, 0.25) is 0 Å². The van der Waals surface area contributed by atoms with Crippen LogP contribution in [-0.2, 0) is 4.79 Å². The Balaban J connectivity index is 3.63. The van der Waals surface area contributed by atoms with Gasteiger partial charge in [-0.05, 0) is 6.92 Å². The predicted molar refractivity (Wildman–Crippen MR) is 41.8 cm³/mol. The molecule has 52 valence electrons. The Hall–Kier alpha value is -0.290. The average molecular weight is 165 g/mol. The Bertz CT molecular complexity index is 137. The summed E-state index contributed by atoms with van der Waals surface area (Å²) in [6.45, 7) is 1.49. The zero-order valence-electron chi connectivity index (χ0n) is 4.79. The SMILES string of the molecule is C[C@H](NC(=S)S)C(=O)O. The second-order valence-corrected chi connectivity index (χ2v) is 2.67. The number of carboxylic acid groups (broad SMARTS) is 1. The van der Waals surface area contributed by atoms with Crippen molar-refractivity contribution >= 4 is 35.1 Å². The minimum Gasteiger partial charge on any atom is -0.480 e. The van der Waals surface area contributed by atoms with E-state index in [9.17, 15) is 4.79 Å². The van der Waals surface area contributed by atoms with Crippen LogP contribution >= 0.6 is 24.8 Å². The summed E-state index contributed by atoms with van der Waals surface area (Å²) in [4.78, 5) is 10.1. The third-order valence-electron chi connectivity index (χ3n) is 0.710. The highest BCUT2D eigenvalue weighted by atomic mass is 32.1. The van der Waals surface area contributed by atoms with E-state index in [2.05, 4.69) is 30.2 Å². The van der Waals surface area contributed by atoms with Crippen LogP contribution in [0.15, 0.2) is 0 Å². The van der Waals surface area contributed by atoms with Gasteiger partial charge in [0.05, 0.1) is 0 Å². The van der Waals surface area contributed by atoms with E-state index in [4.69, 9.17) is 5.11 Å². The molecule has 9 heavy (non-hydrogen) atoms. The van der Waals surface area contributed by atoms with Gasteiger partial charge < -0.3 is 10.4 Å². The lowest BCUT2D eigenvalue weighted by Crippen LogP contribution is -2.35. The van der Waals surface area contributed by atoms with Crippen LogP contribution in [0.5, 0.6) is 0 Å². The van der Waals surface area contributed by atoms with Crippen molar-refractivity contribution in [3.63, 3.8) is 0 Å². The molecular formula is C4H7NO2S2. The summed E-state index contributed by atoms with van der Waals surface area (Å²) < 4.78 is 0.199. The summed E-state index contributed by atoms with van der Waals surface area (Å²) in [7, 11) is 0. The topological polar surface area (TPSA) is 49.3 Å². The highest BCUT2D eigenvalue weighted by Crippen LogP contribution is 1.84. The molecule has 0 saturated carbocycles. The Labute approximate surface area is 63.9 Å². The molecule has 0 amide bonds. The number of nitrogens with one attached hydrogen (secondary N) is 1. The first-order chi connectivity index (χ1) is 4.04. The standard InChI is InChI=1S/C4H7NO2S2/c1-2(3(6)7)5-4(8)9/h2H,1H3,(H,6,7)(H2,5,8,9)/t2-/m0/s1. The van der Waals surface area contributed by atoms with Gasteiger partial charge in [0, 0.05) is 0 Å². The minimum atomic E-state index is -0.939. The smallest absolute Gasteiger partial charge is 0.325 e. The first kappa shape index (κ1) is 8.71. The zero-order chi connectivity index (χ0) is 7.44. The number of thiol groups is 1. The number of carbonyl (C=O) groups is 1. The first-order valence-electron chi connectivity index (χ1n) is 2.26. The minimum absolute atomic E-state index is 0.199. The molecule has 0 unspecified atom stereocenters. The molecule has 2 N–H and O–H groups in total. The molecule has 0 aliphatic heterocycles. The fourth-order valence-electron chi connectivity index (χ4n) is 0.247. The third kappa shape index (κ3) is 4.23. The van der Waals surface area contributed by atoms with E-state index in [1.54, 1.807) is 0 Å². The van der Waals surface area contributed by atoms with E-state index in [0.717, 1.165) is 0 Å². The number of rotatable bonds is 2. The third-order valence-corrected chi connectivity index (χ3v) is 0.957. The van der Waals surface area contributed by atoms with E-state index < -0.39 is 12.0 Å². The average Bonchev–Trinajstić information content (AvgIpc) is 1.63. The van der Waals surface area contributed by atoms with Crippen molar-refractivity contribution in [3.8, 4) is 0 Å². The van der Waals surface area contributed by atoms with E-state index in [-0.39, 0.29) is 4.32 Å². The van der Waals surface area contributed by atoms with Gasteiger partial charge in [0.15, 0.2) is 0 Å². The molecule has 0 fully saturated rings. The molecule has 0 aromatic heterocycles. The summed E-state index contributed by atoms with van der Waals surface area (Å²) in [6.07, 6.45) is 0. The quantitative estimate of drug-likeness (QED) is 0.406. The Morgan fingerprint density at radius 1 is 1.89 bits per heavy atom. The van der Waals surface area contributed by atoms with Crippen molar-refractivity contribution < 1.29 is 9.90 Å². The van der Waals surface area contributed by atoms with Crippen LogP contribution in [0.1, 0.15) is 6.92 Å². The Morgan fingerprint density at radius 3 is 2.44 bits per heavy atom. The van der Waals surface area contributed by atoms with Crippen molar-refractivity contribution in [2.75, 3.05) is 0 Å². The molecule has 0 aromatic rings. The summed E-state index contributed by atoms with van der Waals surface area (Å²) in [6, 6.07) is -0.657. The fourth-order valence-corrected chi connectivity index (χ4v) is 0.617. The zero-order valence-corrected chi connectivity index (χ0v) is 6.50. The van der Waals surface area contributed by atoms with Crippen molar-refractivity contribution in [3.05, 3.63) is 0 Å². The van der Waals surface area contributed by atoms with E-state index in [0.29, 0.717) is 0 Å². The largest absolute Gasteiger partial charge is 0.480 e. The summed E-state index contributed by atoms with van der Waals surface area (Å²) in [5, 5.41) is 10.7. The van der Waals surface area contributed by atoms with Crippen molar-refractivity contribution in [1.82, 2.24) is 5.32 Å². The maximum absolute atomic E-state index is 10.1. The maximum Gasteiger partial charge on any atom is 0.325 e. The lowest BCUT2D eigenvalue weighted by atomic mass is 10.4. The molecule has 0 radical (unpaired) electrons. The summed E-state index contributed by atoms with van der Waals surface area (Å²) in [5.74, 6) is -0.939. The summed E-state index contributed by atoms with van der Waals surface area (Å²) in [5.41, 5.74) is 0. The second kappa shape index (κ2) is 3.68. The molecule has 0 aromatic carbocycles. The van der Waals surface area contributed by atoms with Gasteiger partial charge in [0.25, 0.3) is 0 Å². The second-order valence-electron chi connectivity index (χ2n) is 1.51. The highest BCUT2D eigenvalue weighted by molar-refractivity contribution is 8.11. The van der Waals surface area contributed by atoms with Crippen LogP contribution in [0, 0.1) is 0 Å². The van der Waals surface area contributed by atoms with E-state index in [1.165, 1.54) is 6.92 Å². The normalized spacial score (nSPS) is 12.2. The van der Waals surface area contributed by atoms with Crippen LogP contribution in [0.25, 0.3) is 0 Å². The molecule has 0 aliphatic rings. The van der Waals surface area contributed by atoms with Gasteiger partial charge >= 0.3 is 5.97 Å². The lowest BCUT2D eigenvalue weighted by Gasteiger charge is -2.06. The highest BCUT2D eigenvalue weighted by Gasteiger charge is 2.08. The lowest BCUT2D eigenvalue weighted by molar-refractivity contribution is -0.138. The number of carboxylic acids is 1. The Morgan fingerprint density at radius 2 is 2.33 bits per heavy atom. The maximum atomic E-state index is 10.1. The van der Waals surface area contributed by atoms with E-state index >= 15 is 0 Å². The van der Waals surface area contributed by atoms with Crippen molar-refractivity contribution in [2.45, 2.75) is 13.0 Å². The number of aliphatic carboxylic acids is 1. The molecule has 0 aliphatic carbocycles.